The Morgan fingerprint density at radius 1 is 1.04 bits per heavy atom. The molecule has 0 saturated carbocycles. The molecule has 1 atom stereocenters. The molecule has 1 N–H and O–H groups in total. The predicted molar refractivity (Wildman–Crippen MR) is 97.6 cm³/mol. The molecular formula is C21H23F3O3. The van der Waals surface area contributed by atoms with Crippen LogP contribution in [-0.4, -0.2) is 23.4 Å². The number of alkyl halides is 3. The number of ether oxygens (including phenoxy) is 1. The Balaban J connectivity index is 2.06. The summed E-state index contributed by atoms with van der Waals surface area (Å²) in [6.45, 7) is 1.97. The number of phenolic OH excluding ortho intramolecular Hbond substituents is 1. The fourth-order valence-electron chi connectivity index (χ4n) is 2.75. The summed E-state index contributed by atoms with van der Waals surface area (Å²) in [5, 5.41) is 9.85. The van der Waals surface area contributed by atoms with Gasteiger partial charge in [-0.15, -0.1) is 0 Å². The molecule has 0 spiro atoms. The second-order valence-electron chi connectivity index (χ2n) is 6.38. The Bertz CT molecular complexity index is 739. The first-order valence-corrected chi connectivity index (χ1v) is 8.99. The lowest BCUT2D eigenvalue weighted by Crippen LogP contribution is -2.33. The van der Waals surface area contributed by atoms with E-state index in [1.54, 1.807) is 30.3 Å². The Hall–Kier alpha value is -2.50. The van der Waals surface area contributed by atoms with E-state index in [1.807, 2.05) is 6.92 Å². The van der Waals surface area contributed by atoms with Crippen molar-refractivity contribution in [2.75, 3.05) is 0 Å². The van der Waals surface area contributed by atoms with Crippen molar-refractivity contribution in [3.63, 3.8) is 0 Å². The van der Waals surface area contributed by atoms with Gasteiger partial charge in [0.25, 0.3) is 0 Å². The molecule has 0 aliphatic carbocycles. The maximum Gasteiger partial charge on any atom is 0.425 e. The molecule has 0 heterocycles. The Labute approximate surface area is 156 Å². The van der Waals surface area contributed by atoms with E-state index in [2.05, 4.69) is 0 Å². The summed E-state index contributed by atoms with van der Waals surface area (Å²) >= 11 is 0. The topological polar surface area (TPSA) is 46.5 Å². The van der Waals surface area contributed by atoms with Gasteiger partial charge in [0.2, 0.25) is 0 Å². The highest BCUT2D eigenvalue weighted by Crippen LogP contribution is 2.30. The maximum absolute atomic E-state index is 13.1. The van der Waals surface area contributed by atoms with Gasteiger partial charge in [-0.05, 0) is 36.6 Å². The SMILES string of the molecule is CCCCCCC(OC(=O)c1ccc(-c2ccccc2O)cc1)C(F)(F)F. The van der Waals surface area contributed by atoms with Gasteiger partial charge in [-0.1, -0.05) is 56.5 Å². The Morgan fingerprint density at radius 3 is 2.30 bits per heavy atom. The summed E-state index contributed by atoms with van der Waals surface area (Å²) in [5.41, 5.74) is 1.26. The van der Waals surface area contributed by atoms with Crippen molar-refractivity contribution in [2.24, 2.45) is 0 Å². The molecule has 0 saturated heterocycles. The fourth-order valence-corrected chi connectivity index (χ4v) is 2.75. The minimum Gasteiger partial charge on any atom is -0.507 e. The molecule has 0 amide bonds. The quantitative estimate of drug-likeness (QED) is 0.443. The van der Waals surface area contributed by atoms with Crippen LogP contribution in [0.1, 0.15) is 49.4 Å². The molecule has 2 rings (SSSR count). The van der Waals surface area contributed by atoms with Gasteiger partial charge in [-0.2, -0.15) is 13.2 Å². The third-order valence-electron chi connectivity index (χ3n) is 4.27. The van der Waals surface area contributed by atoms with Gasteiger partial charge in [0.15, 0.2) is 6.10 Å². The van der Waals surface area contributed by atoms with Crippen LogP contribution in [0.2, 0.25) is 0 Å². The van der Waals surface area contributed by atoms with Crippen molar-refractivity contribution in [2.45, 2.75) is 51.3 Å². The number of halogens is 3. The van der Waals surface area contributed by atoms with E-state index in [-0.39, 0.29) is 17.7 Å². The minimum absolute atomic E-state index is 0.0389. The molecular weight excluding hydrogens is 357 g/mol. The summed E-state index contributed by atoms with van der Waals surface area (Å²) in [6, 6.07) is 12.6. The van der Waals surface area contributed by atoms with Gasteiger partial charge < -0.3 is 9.84 Å². The van der Waals surface area contributed by atoms with Gasteiger partial charge in [0.1, 0.15) is 5.75 Å². The van der Waals surface area contributed by atoms with Gasteiger partial charge in [-0.3, -0.25) is 0 Å². The van der Waals surface area contributed by atoms with Crippen LogP contribution in [0.15, 0.2) is 48.5 Å². The average Bonchev–Trinajstić information content (AvgIpc) is 2.64. The van der Waals surface area contributed by atoms with E-state index in [4.69, 9.17) is 4.74 Å². The zero-order valence-electron chi connectivity index (χ0n) is 15.1. The standard InChI is InChI=1S/C21H23F3O3/c1-2-3-4-5-10-19(21(22,23)24)27-20(26)16-13-11-15(12-14-16)17-8-6-7-9-18(17)25/h6-9,11-14,19,25H,2-5,10H2,1H3. The fraction of sp³-hybridized carbons (Fsp3) is 0.381. The molecule has 0 radical (unpaired) electrons. The van der Waals surface area contributed by atoms with Gasteiger partial charge in [-0.25, -0.2) is 4.79 Å². The van der Waals surface area contributed by atoms with E-state index < -0.39 is 18.2 Å². The molecule has 0 bridgehead atoms. The Kier molecular flexibility index (Phi) is 7.28. The van der Waals surface area contributed by atoms with Crippen LogP contribution in [0.3, 0.4) is 0 Å². The zero-order valence-corrected chi connectivity index (χ0v) is 15.1. The van der Waals surface area contributed by atoms with Crippen molar-refractivity contribution in [3.05, 3.63) is 54.1 Å². The van der Waals surface area contributed by atoms with Crippen LogP contribution in [0, 0.1) is 0 Å². The number of carbonyl (C=O) groups excluding carboxylic acids is 1. The first kappa shape index (κ1) is 20.8. The zero-order chi connectivity index (χ0) is 19.9. The molecule has 0 fully saturated rings. The van der Waals surface area contributed by atoms with Crippen LogP contribution in [0.25, 0.3) is 11.1 Å². The molecule has 0 aliphatic rings. The highest BCUT2D eigenvalue weighted by Gasteiger charge is 2.42. The molecule has 27 heavy (non-hydrogen) atoms. The van der Waals surface area contributed by atoms with Crippen molar-refractivity contribution >= 4 is 5.97 Å². The van der Waals surface area contributed by atoms with Crippen LogP contribution >= 0.6 is 0 Å². The van der Waals surface area contributed by atoms with Crippen molar-refractivity contribution in [1.29, 1.82) is 0 Å². The molecule has 6 heteroatoms. The number of hydrogen-bond donors (Lipinski definition) is 1. The monoisotopic (exact) mass is 380 g/mol. The number of benzene rings is 2. The van der Waals surface area contributed by atoms with Crippen LogP contribution in [0.4, 0.5) is 13.2 Å². The average molecular weight is 380 g/mol. The third kappa shape index (κ3) is 6.01. The van der Waals surface area contributed by atoms with Gasteiger partial charge in [0, 0.05) is 5.56 Å². The van der Waals surface area contributed by atoms with E-state index in [1.165, 1.54) is 18.2 Å². The van der Waals surface area contributed by atoms with Gasteiger partial charge >= 0.3 is 12.1 Å². The molecule has 0 aliphatic heterocycles. The van der Waals surface area contributed by atoms with E-state index in [0.29, 0.717) is 24.0 Å². The number of unbranched alkanes of at least 4 members (excludes halogenated alkanes) is 3. The van der Waals surface area contributed by atoms with Crippen LogP contribution < -0.4 is 0 Å². The number of esters is 1. The second-order valence-corrected chi connectivity index (χ2v) is 6.38. The molecule has 2 aromatic carbocycles. The number of hydrogen-bond acceptors (Lipinski definition) is 3. The summed E-state index contributed by atoms with van der Waals surface area (Å²) in [7, 11) is 0. The normalized spacial score (nSPS) is 12.6. The number of para-hydroxylation sites is 1. The number of phenols is 1. The maximum atomic E-state index is 13.1. The molecule has 0 aromatic heterocycles. The lowest BCUT2D eigenvalue weighted by molar-refractivity contribution is -0.206. The molecule has 146 valence electrons. The molecule has 2 aromatic rings. The number of aromatic hydroxyl groups is 1. The Morgan fingerprint density at radius 2 is 1.70 bits per heavy atom. The summed E-state index contributed by atoms with van der Waals surface area (Å²) in [4.78, 5) is 12.1. The minimum atomic E-state index is -4.59. The van der Waals surface area contributed by atoms with E-state index in [9.17, 15) is 23.1 Å². The van der Waals surface area contributed by atoms with E-state index in [0.717, 1.165) is 12.8 Å². The number of rotatable bonds is 8. The lowest BCUT2D eigenvalue weighted by Gasteiger charge is -2.20. The highest BCUT2D eigenvalue weighted by atomic mass is 19.4. The van der Waals surface area contributed by atoms with Crippen LogP contribution in [-0.2, 0) is 4.74 Å². The lowest BCUT2D eigenvalue weighted by atomic mass is 10.0. The third-order valence-corrected chi connectivity index (χ3v) is 4.27. The van der Waals surface area contributed by atoms with Crippen LogP contribution in [0.5, 0.6) is 5.75 Å². The molecule has 3 nitrogen and oxygen atoms in total. The van der Waals surface area contributed by atoms with Crippen molar-refractivity contribution in [3.8, 4) is 16.9 Å². The second kappa shape index (κ2) is 9.44. The van der Waals surface area contributed by atoms with E-state index >= 15 is 0 Å². The van der Waals surface area contributed by atoms with Crippen molar-refractivity contribution < 1.29 is 27.8 Å². The van der Waals surface area contributed by atoms with Crippen molar-refractivity contribution in [1.82, 2.24) is 0 Å². The largest absolute Gasteiger partial charge is 0.507 e. The first-order chi connectivity index (χ1) is 12.8. The first-order valence-electron chi connectivity index (χ1n) is 8.99. The summed E-state index contributed by atoms with van der Waals surface area (Å²) in [5.74, 6) is -0.923. The molecule has 1 unspecified atom stereocenters. The number of carbonyl (C=O) groups is 1. The highest BCUT2D eigenvalue weighted by molar-refractivity contribution is 5.90. The summed E-state index contributed by atoms with van der Waals surface area (Å²) in [6.07, 6.45) is -4.11. The smallest absolute Gasteiger partial charge is 0.425 e. The predicted octanol–water partition coefficient (Wildman–Crippen LogP) is 6.12. The van der Waals surface area contributed by atoms with Gasteiger partial charge in [0.05, 0.1) is 5.56 Å². The summed E-state index contributed by atoms with van der Waals surface area (Å²) < 4.78 is 44.1.